The minimum Gasteiger partial charge on any atom is -0.353 e. The van der Waals surface area contributed by atoms with E-state index in [0.717, 1.165) is 5.69 Å². The Morgan fingerprint density at radius 3 is 2.19 bits per heavy atom. The third-order valence-corrected chi connectivity index (χ3v) is 3.34. The van der Waals surface area contributed by atoms with Gasteiger partial charge >= 0.3 is 0 Å². The zero-order chi connectivity index (χ0) is 16.0. The van der Waals surface area contributed by atoms with Crippen LogP contribution < -0.4 is 10.2 Å². The molecule has 0 unspecified atom stereocenters. The van der Waals surface area contributed by atoms with Gasteiger partial charge in [0.2, 0.25) is 11.8 Å². The predicted octanol–water partition coefficient (Wildman–Crippen LogP) is 1.49. The molecule has 0 bridgehead atoms. The number of anilines is 1. The Labute approximate surface area is 126 Å². The Bertz CT molecular complexity index is 474. The monoisotopic (exact) mass is 291 g/mol. The van der Waals surface area contributed by atoms with Crippen molar-refractivity contribution in [2.75, 3.05) is 25.5 Å². The molecule has 21 heavy (non-hydrogen) atoms. The lowest BCUT2D eigenvalue weighted by atomic mass is 10.2. The Morgan fingerprint density at radius 2 is 1.67 bits per heavy atom. The molecule has 1 N–H and O–H groups in total. The summed E-state index contributed by atoms with van der Waals surface area (Å²) in [5.74, 6) is -0.115. The fraction of sp³-hybridized carbons (Fsp3) is 0.500. The number of carbonyl (C=O) groups excluding carboxylic acids is 2. The number of hydrogen-bond donors (Lipinski definition) is 1. The summed E-state index contributed by atoms with van der Waals surface area (Å²) in [4.78, 5) is 27.6. The smallest absolute Gasteiger partial charge is 0.243 e. The van der Waals surface area contributed by atoms with Crippen LogP contribution >= 0.6 is 0 Å². The Morgan fingerprint density at radius 1 is 1.10 bits per heavy atom. The minimum absolute atomic E-state index is 0.0407. The molecule has 0 radical (unpaired) electrons. The zero-order valence-corrected chi connectivity index (χ0v) is 13.5. The summed E-state index contributed by atoms with van der Waals surface area (Å²) in [5.41, 5.74) is 0.842. The van der Waals surface area contributed by atoms with E-state index in [1.54, 1.807) is 23.9 Å². The Hall–Kier alpha value is -1.88. The highest BCUT2D eigenvalue weighted by molar-refractivity contribution is 5.96. The van der Waals surface area contributed by atoms with Crippen LogP contribution in [-0.4, -0.2) is 49.4 Å². The number of nitrogens with one attached hydrogen (secondary N) is 1. The van der Waals surface area contributed by atoms with Gasteiger partial charge in [-0.3, -0.25) is 14.5 Å². The van der Waals surface area contributed by atoms with Gasteiger partial charge in [0.1, 0.15) is 0 Å². The molecule has 0 saturated carbocycles. The van der Waals surface area contributed by atoms with Gasteiger partial charge in [-0.2, -0.15) is 0 Å². The third kappa shape index (κ3) is 5.19. The van der Waals surface area contributed by atoms with Crippen molar-refractivity contribution in [2.24, 2.45) is 0 Å². The van der Waals surface area contributed by atoms with Crippen molar-refractivity contribution in [1.29, 1.82) is 0 Å². The molecule has 116 valence electrons. The van der Waals surface area contributed by atoms with Gasteiger partial charge in [-0.1, -0.05) is 18.2 Å². The second-order valence-electron chi connectivity index (χ2n) is 5.55. The average molecular weight is 291 g/mol. The molecule has 0 aliphatic rings. The number of benzene rings is 1. The van der Waals surface area contributed by atoms with Gasteiger partial charge in [0.05, 0.1) is 12.6 Å². The maximum atomic E-state index is 12.4. The number of carbonyl (C=O) groups is 2. The lowest BCUT2D eigenvalue weighted by molar-refractivity contribution is -0.126. The van der Waals surface area contributed by atoms with E-state index >= 15 is 0 Å². The quantitative estimate of drug-likeness (QED) is 0.864. The third-order valence-electron chi connectivity index (χ3n) is 3.34. The minimum atomic E-state index is -0.367. The van der Waals surface area contributed by atoms with Crippen LogP contribution in [0, 0.1) is 0 Å². The van der Waals surface area contributed by atoms with Crippen LogP contribution in [0.1, 0.15) is 20.8 Å². The van der Waals surface area contributed by atoms with Crippen LogP contribution in [0.3, 0.4) is 0 Å². The largest absolute Gasteiger partial charge is 0.353 e. The van der Waals surface area contributed by atoms with E-state index in [-0.39, 0.29) is 30.4 Å². The van der Waals surface area contributed by atoms with Crippen LogP contribution in [0.4, 0.5) is 5.69 Å². The predicted molar refractivity (Wildman–Crippen MR) is 85.2 cm³/mol. The van der Waals surface area contributed by atoms with E-state index in [9.17, 15) is 9.59 Å². The molecular weight excluding hydrogens is 266 g/mol. The van der Waals surface area contributed by atoms with Gasteiger partial charge in [0.25, 0.3) is 0 Å². The topological polar surface area (TPSA) is 52.7 Å². The molecule has 0 aromatic heterocycles. The average Bonchev–Trinajstić information content (AvgIpc) is 2.44. The van der Waals surface area contributed by atoms with Crippen molar-refractivity contribution in [3.8, 4) is 0 Å². The standard InChI is InChI=1S/C16H25N3O2/c1-12(2)17-15(20)11-18(4)13(3)16(21)19(5)14-9-7-6-8-10-14/h6-10,12-13H,11H2,1-5H3,(H,17,20)/t13-/m1/s1. The summed E-state index contributed by atoms with van der Waals surface area (Å²) in [7, 11) is 3.53. The summed E-state index contributed by atoms with van der Waals surface area (Å²) in [6.07, 6.45) is 0. The van der Waals surface area contributed by atoms with Crippen LogP contribution in [0.2, 0.25) is 0 Å². The summed E-state index contributed by atoms with van der Waals surface area (Å²) in [6.45, 7) is 5.84. The van der Waals surface area contributed by atoms with Gasteiger partial charge in [0, 0.05) is 18.8 Å². The SMILES string of the molecule is CC(C)NC(=O)CN(C)[C@H](C)C(=O)N(C)c1ccccc1. The number of amides is 2. The van der Waals surface area contributed by atoms with Crippen LogP contribution in [0.15, 0.2) is 30.3 Å². The lowest BCUT2D eigenvalue weighted by Gasteiger charge is -2.28. The summed E-state index contributed by atoms with van der Waals surface area (Å²) >= 11 is 0. The molecule has 2 amide bonds. The number of para-hydroxylation sites is 1. The molecule has 0 heterocycles. The highest BCUT2D eigenvalue weighted by Gasteiger charge is 2.23. The number of hydrogen-bond acceptors (Lipinski definition) is 3. The Balaban J connectivity index is 2.63. The van der Waals surface area contributed by atoms with Crippen molar-refractivity contribution in [3.05, 3.63) is 30.3 Å². The highest BCUT2D eigenvalue weighted by atomic mass is 16.2. The first kappa shape index (κ1) is 17.2. The van der Waals surface area contributed by atoms with Crippen LogP contribution in [0.25, 0.3) is 0 Å². The number of nitrogens with zero attached hydrogens (tertiary/aromatic N) is 2. The van der Waals surface area contributed by atoms with Crippen LogP contribution in [0.5, 0.6) is 0 Å². The van der Waals surface area contributed by atoms with E-state index in [1.165, 1.54) is 0 Å². The molecule has 5 nitrogen and oxygen atoms in total. The molecule has 1 aromatic rings. The van der Waals surface area contributed by atoms with E-state index in [2.05, 4.69) is 5.32 Å². The van der Waals surface area contributed by atoms with Crippen molar-refractivity contribution >= 4 is 17.5 Å². The first-order valence-corrected chi connectivity index (χ1v) is 7.15. The van der Waals surface area contributed by atoms with E-state index in [4.69, 9.17) is 0 Å². The molecule has 1 atom stereocenters. The van der Waals surface area contributed by atoms with Gasteiger partial charge in [0.15, 0.2) is 0 Å². The molecule has 1 aromatic carbocycles. The molecule has 5 heteroatoms. The van der Waals surface area contributed by atoms with Crippen molar-refractivity contribution < 1.29 is 9.59 Å². The van der Waals surface area contributed by atoms with E-state index in [0.29, 0.717) is 0 Å². The lowest BCUT2D eigenvalue weighted by Crippen LogP contribution is -2.48. The van der Waals surface area contributed by atoms with E-state index in [1.807, 2.05) is 51.1 Å². The first-order valence-electron chi connectivity index (χ1n) is 7.15. The van der Waals surface area contributed by atoms with Crippen molar-refractivity contribution in [3.63, 3.8) is 0 Å². The van der Waals surface area contributed by atoms with Gasteiger partial charge in [-0.15, -0.1) is 0 Å². The molecule has 0 spiro atoms. The molecule has 0 fully saturated rings. The summed E-state index contributed by atoms with van der Waals surface area (Å²) in [6, 6.07) is 9.20. The van der Waals surface area contributed by atoms with Crippen molar-refractivity contribution in [1.82, 2.24) is 10.2 Å². The number of rotatable bonds is 6. The first-order chi connectivity index (χ1) is 9.82. The number of likely N-dealkylation sites (N-methyl/N-ethyl adjacent to an activating group) is 2. The Kier molecular flexibility index (Phi) is 6.37. The second kappa shape index (κ2) is 7.78. The second-order valence-corrected chi connectivity index (χ2v) is 5.55. The molecule has 0 aliphatic carbocycles. The highest BCUT2D eigenvalue weighted by Crippen LogP contribution is 2.13. The summed E-state index contributed by atoms with van der Waals surface area (Å²) in [5, 5.41) is 2.82. The molecular formula is C16H25N3O2. The fourth-order valence-electron chi connectivity index (χ4n) is 1.98. The normalized spacial score (nSPS) is 12.3. The molecule has 0 saturated heterocycles. The van der Waals surface area contributed by atoms with Gasteiger partial charge in [-0.05, 0) is 40.0 Å². The molecule has 1 rings (SSSR count). The maximum absolute atomic E-state index is 12.4. The summed E-state index contributed by atoms with van der Waals surface area (Å²) < 4.78 is 0. The molecule has 0 aliphatic heterocycles. The van der Waals surface area contributed by atoms with Crippen LogP contribution in [-0.2, 0) is 9.59 Å². The zero-order valence-electron chi connectivity index (χ0n) is 13.5. The van der Waals surface area contributed by atoms with E-state index < -0.39 is 0 Å². The van der Waals surface area contributed by atoms with Gasteiger partial charge < -0.3 is 10.2 Å². The maximum Gasteiger partial charge on any atom is 0.243 e. The van der Waals surface area contributed by atoms with Gasteiger partial charge in [-0.25, -0.2) is 0 Å². The van der Waals surface area contributed by atoms with Crippen molar-refractivity contribution in [2.45, 2.75) is 32.9 Å². The fourth-order valence-corrected chi connectivity index (χ4v) is 1.98.